The van der Waals surface area contributed by atoms with E-state index in [-0.39, 0.29) is 36.1 Å². The third-order valence-electron chi connectivity index (χ3n) is 4.67. The molecule has 0 bridgehead atoms. The summed E-state index contributed by atoms with van der Waals surface area (Å²) in [5, 5.41) is 2.83. The molecule has 1 heterocycles. The van der Waals surface area contributed by atoms with Crippen molar-refractivity contribution >= 4 is 13.2 Å². The van der Waals surface area contributed by atoms with Gasteiger partial charge in [-0.1, -0.05) is 6.08 Å². The molecular weight excluding hydrogens is 293 g/mol. The first-order valence-electron chi connectivity index (χ1n) is 8.43. The van der Waals surface area contributed by atoms with Gasteiger partial charge in [0, 0.05) is 12.0 Å². The molecule has 0 saturated carbocycles. The molecule has 1 aliphatic heterocycles. The maximum atomic E-state index is 11.9. The van der Waals surface area contributed by atoms with Gasteiger partial charge in [-0.05, 0) is 66.8 Å². The van der Waals surface area contributed by atoms with Crippen molar-refractivity contribution in [3.63, 3.8) is 0 Å². The molecule has 0 radical (unpaired) electrons. The lowest BCUT2D eigenvalue weighted by Crippen LogP contribution is -2.42. The first-order valence-corrected chi connectivity index (χ1v) is 8.43. The predicted octanol–water partition coefficient (Wildman–Crippen LogP) is 3.62. The van der Waals surface area contributed by atoms with Crippen LogP contribution in [0.25, 0.3) is 0 Å². The largest absolute Gasteiger partial charge is 0.490 e. The first kappa shape index (κ1) is 18.3. The van der Waals surface area contributed by atoms with Gasteiger partial charge in [0.2, 0.25) is 0 Å². The highest BCUT2D eigenvalue weighted by atomic mass is 16.7. The number of hydrogen-bond donors (Lipinski definition) is 1. The Balaban J connectivity index is 1.94. The fourth-order valence-corrected chi connectivity index (χ4v) is 2.68. The Morgan fingerprint density at radius 1 is 1.26 bits per heavy atom. The van der Waals surface area contributed by atoms with Gasteiger partial charge in [-0.15, -0.1) is 0 Å². The van der Waals surface area contributed by atoms with E-state index in [1.165, 1.54) is 0 Å². The summed E-state index contributed by atoms with van der Waals surface area (Å²) in [6.45, 7) is 14.0. The molecule has 130 valence electrons. The minimum atomic E-state index is -0.363. The van der Waals surface area contributed by atoms with Crippen LogP contribution in [0.3, 0.4) is 0 Å². The van der Waals surface area contributed by atoms with Crippen molar-refractivity contribution in [1.82, 2.24) is 5.32 Å². The highest BCUT2D eigenvalue weighted by Crippen LogP contribution is 2.40. The van der Waals surface area contributed by atoms with Crippen molar-refractivity contribution in [3.05, 3.63) is 11.5 Å². The number of amides is 1. The molecule has 1 saturated heterocycles. The quantitative estimate of drug-likeness (QED) is 0.789. The topological polar surface area (TPSA) is 56.8 Å². The Morgan fingerprint density at radius 3 is 2.35 bits per heavy atom. The van der Waals surface area contributed by atoms with Gasteiger partial charge in [0.1, 0.15) is 6.10 Å². The molecule has 0 aromatic rings. The maximum absolute atomic E-state index is 11.9. The molecule has 0 unspecified atom stereocenters. The second-order valence-corrected chi connectivity index (χ2v) is 8.55. The van der Waals surface area contributed by atoms with Gasteiger partial charge in [-0.2, -0.15) is 0 Å². The maximum Gasteiger partial charge on any atom is 0.490 e. The summed E-state index contributed by atoms with van der Waals surface area (Å²) < 4.78 is 17.7. The summed E-state index contributed by atoms with van der Waals surface area (Å²) in [5.41, 5.74) is 0.0746. The Bertz CT molecular complexity index is 477. The van der Waals surface area contributed by atoms with Crippen LogP contribution in [-0.2, 0) is 14.0 Å². The zero-order valence-corrected chi connectivity index (χ0v) is 15.5. The van der Waals surface area contributed by atoms with Crippen LogP contribution in [-0.4, -0.2) is 36.1 Å². The van der Waals surface area contributed by atoms with Gasteiger partial charge >= 0.3 is 13.2 Å². The van der Waals surface area contributed by atoms with Crippen molar-refractivity contribution in [2.45, 2.75) is 90.6 Å². The normalized spacial score (nSPS) is 26.7. The van der Waals surface area contributed by atoms with Gasteiger partial charge in [0.25, 0.3) is 0 Å². The summed E-state index contributed by atoms with van der Waals surface area (Å²) in [6.07, 6.45) is 4.03. The average molecular weight is 323 g/mol. The molecule has 23 heavy (non-hydrogen) atoms. The van der Waals surface area contributed by atoms with E-state index in [9.17, 15) is 4.79 Å². The van der Waals surface area contributed by atoms with Gasteiger partial charge in [0.15, 0.2) is 0 Å². The Labute approximate surface area is 140 Å². The number of hydrogen-bond acceptors (Lipinski definition) is 4. The molecule has 6 heteroatoms. The second-order valence-electron chi connectivity index (χ2n) is 8.55. The molecule has 1 aliphatic carbocycles. The molecule has 5 nitrogen and oxygen atoms in total. The summed E-state index contributed by atoms with van der Waals surface area (Å²) in [6, 6.07) is 0. The van der Waals surface area contributed by atoms with E-state index in [0.29, 0.717) is 6.42 Å². The van der Waals surface area contributed by atoms with Gasteiger partial charge in [-0.3, -0.25) is 0 Å². The van der Waals surface area contributed by atoms with Gasteiger partial charge in [-0.25, -0.2) is 4.79 Å². The van der Waals surface area contributed by atoms with E-state index in [4.69, 9.17) is 14.0 Å². The van der Waals surface area contributed by atoms with Crippen LogP contribution in [0, 0.1) is 0 Å². The van der Waals surface area contributed by atoms with Gasteiger partial charge in [0.05, 0.1) is 11.2 Å². The van der Waals surface area contributed by atoms with Crippen molar-refractivity contribution < 1.29 is 18.8 Å². The summed E-state index contributed by atoms with van der Waals surface area (Å²) in [4.78, 5) is 11.9. The lowest BCUT2D eigenvalue weighted by atomic mass is 9.72. The fraction of sp³-hybridized carbons (Fsp3) is 0.824. The van der Waals surface area contributed by atoms with Crippen molar-refractivity contribution in [2.24, 2.45) is 0 Å². The minimum absolute atomic E-state index is 0.128. The second kappa shape index (κ2) is 6.13. The highest BCUT2D eigenvalue weighted by molar-refractivity contribution is 6.54. The number of carbonyl (C=O) groups is 1. The van der Waals surface area contributed by atoms with Crippen molar-refractivity contribution in [2.75, 3.05) is 0 Å². The third-order valence-corrected chi connectivity index (χ3v) is 4.67. The monoisotopic (exact) mass is 323 g/mol. The van der Waals surface area contributed by atoms with E-state index in [2.05, 4.69) is 11.4 Å². The Kier molecular flexibility index (Phi) is 4.89. The van der Waals surface area contributed by atoms with E-state index in [1.807, 2.05) is 48.5 Å². The smallest absolute Gasteiger partial charge is 0.446 e. The molecule has 0 aromatic carbocycles. The molecule has 1 fully saturated rings. The van der Waals surface area contributed by atoms with Crippen LogP contribution in [0.2, 0.25) is 0 Å². The zero-order valence-electron chi connectivity index (χ0n) is 15.5. The number of allylic oxidation sites excluding steroid dienone is 1. The first-order chi connectivity index (χ1) is 10.4. The molecule has 2 rings (SSSR count). The molecule has 1 amide bonds. The zero-order chi connectivity index (χ0) is 17.5. The summed E-state index contributed by atoms with van der Waals surface area (Å²) in [5.74, 6) is 0. The lowest BCUT2D eigenvalue weighted by Gasteiger charge is -2.32. The van der Waals surface area contributed by atoms with Crippen LogP contribution in [0.15, 0.2) is 11.5 Å². The Hall–Kier alpha value is -1.01. The van der Waals surface area contributed by atoms with Crippen LogP contribution in [0.1, 0.15) is 67.7 Å². The number of nitrogens with one attached hydrogen (secondary N) is 1. The van der Waals surface area contributed by atoms with Crippen LogP contribution < -0.4 is 5.32 Å². The molecule has 2 aliphatic rings. The highest BCUT2D eigenvalue weighted by Gasteiger charge is 2.52. The average Bonchev–Trinajstić information content (AvgIpc) is 2.56. The van der Waals surface area contributed by atoms with Crippen LogP contribution in [0.4, 0.5) is 4.79 Å². The predicted molar refractivity (Wildman–Crippen MR) is 91.2 cm³/mol. The van der Waals surface area contributed by atoms with E-state index in [0.717, 1.165) is 18.3 Å². The molecule has 0 aromatic heterocycles. The van der Waals surface area contributed by atoms with E-state index < -0.39 is 0 Å². The van der Waals surface area contributed by atoms with Crippen LogP contribution >= 0.6 is 0 Å². The standard InChI is InChI=1S/C17H30BNO4/c1-15(2,3)19-14(20)21-13-10-8-9-12(11-13)18-22-16(4,5)17(6,7)23-18/h9,13H,8,10-11H2,1-7H3,(H,19,20)/t13-/m1/s1. The van der Waals surface area contributed by atoms with Crippen molar-refractivity contribution in [1.29, 1.82) is 0 Å². The molecule has 0 spiro atoms. The molecule has 1 atom stereocenters. The Morgan fingerprint density at radius 2 is 1.83 bits per heavy atom. The molecular formula is C17H30BNO4. The minimum Gasteiger partial charge on any atom is -0.446 e. The van der Waals surface area contributed by atoms with E-state index >= 15 is 0 Å². The SMILES string of the molecule is CC(C)(C)NC(=O)O[C@@H]1CCC=C(B2OC(C)(C)C(C)(C)O2)C1. The summed E-state index contributed by atoms with van der Waals surface area (Å²) in [7, 11) is -0.350. The van der Waals surface area contributed by atoms with Gasteiger partial charge < -0.3 is 19.4 Å². The van der Waals surface area contributed by atoms with E-state index in [1.54, 1.807) is 0 Å². The van der Waals surface area contributed by atoms with Crippen LogP contribution in [0.5, 0.6) is 0 Å². The third kappa shape index (κ3) is 4.51. The number of carbonyl (C=O) groups excluding carboxylic acids is 1. The van der Waals surface area contributed by atoms with Crippen molar-refractivity contribution in [3.8, 4) is 0 Å². The molecule has 1 N–H and O–H groups in total. The summed E-state index contributed by atoms with van der Waals surface area (Å²) >= 11 is 0. The fourth-order valence-electron chi connectivity index (χ4n) is 2.68. The number of rotatable bonds is 2. The number of alkyl carbamates (subject to hydrolysis) is 1. The lowest BCUT2D eigenvalue weighted by molar-refractivity contribution is 0.00578. The number of ether oxygens (including phenoxy) is 1.